The van der Waals surface area contributed by atoms with E-state index in [1.165, 1.54) is 17.8 Å². The third-order valence-electron chi connectivity index (χ3n) is 5.02. The number of piperidine rings is 1. The molecule has 8 nitrogen and oxygen atoms in total. The molecule has 2 amide bonds. The van der Waals surface area contributed by atoms with Crippen LogP contribution in [0.1, 0.15) is 35.4 Å². The summed E-state index contributed by atoms with van der Waals surface area (Å²) >= 11 is 11.9. The van der Waals surface area contributed by atoms with Crippen molar-refractivity contribution >= 4 is 35.2 Å². The first-order chi connectivity index (χ1) is 14.3. The lowest BCUT2D eigenvalue weighted by Crippen LogP contribution is -2.39. The Bertz CT molecular complexity index is 943. The Morgan fingerprint density at radius 3 is 2.47 bits per heavy atom. The number of benzene rings is 1. The molecule has 2 aromatic rings. The van der Waals surface area contributed by atoms with E-state index >= 15 is 0 Å². The Balaban J connectivity index is 1.36. The van der Waals surface area contributed by atoms with Crippen LogP contribution in [0.15, 0.2) is 33.6 Å². The minimum Gasteiger partial charge on any atom is -0.445 e. The van der Waals surface area contributed by atoms with E-state index in [-0.39, 0.29) is 18.5 Å². The summed E-state index contributed by atoms with van der Waals surface area (Å²) in [6, 6.07) is 5.04. The van der Waals surface area contributed by atoms with Gasteiger partial charge >= 0.3 is 11.8 Å². The van der Waals surface area contributed by atoms with Crippen molar-refractivity contribution in [1.29, 1.82) is 0 Å². The van der Waals surface area contributed by atoms with Crippen LogP contribution in [-0.2, 0) is 18.4 Å². The maximum absolute atomic E-state index is 12.3. The second-order valence-corrected chi connectivity index (χ2v) is 8.15. The molecule has 1 aliphatic rings. The molecule has 162 valence electrons. The van der Waals surface area contributed by atoms with Crippen LogP contribution in [0.4, 0.5) is 4.79 Å². The second-order valence-electron chi connectivity index (χ2n) is 7.28. The molecule has 1 aromatic carbocycles. The molecular formula is C20H23Cl2N3O5. The van der Waals surface area contributed by atoms with Gasteiger partial charge in [0.1, 0.15) is 6.61 Å². The predicted molar refractivity (Wildman–Crippen MR) is 112 cm³/mol. The van der Waals surface area contributed by atoms with Crippen LogP contribution >= 0.6 is 23.2 Å². The highest BCUT2D eigenvalue weighted by atomic mass is 35.5. The predicted octanol–water partition coefficient (Wildman–Crippen LogP) is 3.45. The lowest BCUT2D eigenvalue weighted by atomic mass is 9.94. The van der Waals surface area contributed by atoms with E-state index in [0.29, 0.717) is 35.6 Å². The molecule has 0 unspecified atom stereocenters. The van der Waals surface area contributed by atoms with Crippen LogP contribution in [0.3, 0.4) is 0 Å². The molecule has 1 N–H and O–H groups in total. The zero-order chi connectivity index (χ0) is 21.7. The number of likely N-dealkylation sites (tertiary alicyclic amines) is 1. The first-order valence-corrected chi connectivity index (χ1v) is 10.4. The highest BCUT2D eigenvalue weighted by Crippen LogP contribution is 2.22. The number of nitrogens with one attached hydrogen (secondary N) is 1. The molecule has 0 bridgehead atoms. The van der Waals surface area contributed by atoms with Crippen LogP contribution in [0, 0.1) is 5.92 Å². The van der Waals surface area contributed by atoms with Crippen molar-refractivity contribution in [2.24, 2.45) is 13.0 Å². The average Bonchev–Trinajstić information content (AvgIpc) is 3.04. The number of amides is 2. The standard InChI is InChI=1S/C20H23Cl2N3O5/c1-24-11-17(30-19(24)27)18(26)23-5-2-13-3-6-25(7-4-13)20(28)29-12-14-8-15(21)10-16(22)9-14/h8-11,13H,2-7,12H2,1H3,(H,23,26). The summed E-state index contributed by atoms with van der Waals surface area (Å²) in [7, 11) is 1.52. The lowest BCUT2D eigenvalue weighted by molar-refractivity contribution is 0.0812. The molecule has 1 fully saturated rings. The molecular weight excluding hydrogens is 433 g/mol. The number of ether oxygens (including phenoxy) is 1. The van der Waals surface area contributed by atoms with E-state index in [0.717, 1.165) is 24.8 Å². The Labute approximate surface area is 183 Å². The van der Waals surface area contributed by atoms with E-state index < -0.39 is 11.7 Å². The lowest BCUT2D eigenvalue weighted by Gasteiger charge is -2.31. The fourth-order valence-corrected chi connectivity index (χ4v) is 3.91. The maximum atomic E-state index is 12.3. The summed E-state index contributed by atoms with van der Waals surface area (Å²) in [5.41, 5.74) is 0.737. The fourth-order valence-electron chi connectivity index (χ4n) is 3.34. The zero-order valence-electron chi connectivity index (χ0n) is 16.5. The van der Waals surface area contributed by atoms with E-state index in [9.17, 15) is 14.4 Å². The van der Waals surface area contributed by atoms with Gasteiger partial charge in [-0.3, -0.25) is 9.36 Å². The average molecular weight is 456 g/mol. The minimum absolute atomic E-state index is 0.000978. The largest absolute Gasteiger partial charge is 0.445 e. The van der Waals surface area contributed by atoms with Crippen molar-refractivity contribution in [1.82, 2.24) is 14.8 Å². The molecule has 3 rings (SSSR count). The third kappa shape index (κ3) is 6.03. The van der Waals surface area contributed by atoms with Crippen LogP contribution < -0.4 is 11.1 Å². The van der Waals surface area contributed by atoms with Gasteiger partial charge in [0.15, 0.2) is 0 Å². The Morgan fingerprint density at radius 1 is 1.20 bits per heavy atom. The summed E-state index contributed by atoms with van der Waals surface area (Å²) in [4.78, 5) is 37.2. The van der Waals surface area contributed by atoms with Gasteiger partial charge in [0, 0.05) is 36.7 Å². The van der Waals surface area contributed by atoms with Gasteiger partial charge in [-0.1, -0.05) is 23.2 Å². The fraction of sp³-hybridized carbons (Fsp3) is 0.450. The molecule has 1 aromatic heterocycles. The van der Waals surface area contributed by atoms with Crippen LogP contribution in [0.2, 0.25) is 10.0 Å². The number of rotatable bonds is 6. The molecule has 0 aliphatic carbocycles. The Hall–Kier alpha value is -2.45. The quantitative estimate of drug-likeness (QED) is 0.719. The summed E-state index contributed by atoms with van der Waals surface area (Å²) in [6.07, 6.45) is 3.44. The number of oxazole rings is 1. The van der Waals surface area contributed by atoms with Gasteiger partial charge in [0.25, 0.3) is 5.91 Å². The first-order valence-electron chi connectivity index (χ1n) is 9.63. The topological polar surface area (TPSA) is 93.8 Å². The second kappa shape index (κ2) is 10.0. The van der Waals surface area contributed by atoms with E-state index in [1.54, 1.807) is 23.1 Å². The van der Waals surface area contributed by atoms with E-state index in [1.807, 2.05) is 0 Å². The van der Waals surface area contributed by atoms with Crippen molar-refractivity contribution in [3.63, 3.8) is 0 Å². The number of hydrogen-bond acceptors (Lipinski definition) is 5. The summed E-state index contributed by atoms with van der Waals surface area (Å²) in [5, 5.41) is 3.75. The molecule has 0 saturated carbocycles. The van der Waals surface area contributed by atoms with Crippen molar-refractivity contribution in [3.05, 3.63) is 56.3 Å². The number of hydrogen-bond donors (Lipinski definition) is 1. The molecule has 0 spiro atoms. The molecule has 30 heavy (non-hydrogen) atoms. The molecule has 0 radical (unpaired) electrons. The van der Waals surface area contributed by atoms with Crippen LogP contribution in [0.5, 0.6) is 0 Å². The Morgan fingerprint density at radius 2 is 1.87 bits per heavy atom. The van der Waals surface area contributed by atoms with Crippen molar-refractivity contribution in [2.75, 3.05) is 19.6 Å². The SMILES string of the molecule is Cn1cc(C(=O)NCCC2CCN(C(=O)OCc3cc(Cl)cc(Cl)c3)CC2)oc1=O. The smallest absolute Gasteiger partial charge is 0.419 e. The van der Waals surface area contributed by atoms with Gasteiger partial charge in [-0.15, -0.1) is 0 Å². The van der Waals surface area contributed by atoms with Gasteiger partial charge in [0.2, 0.25) is 5.76 Å². The normalized spacial score (nSPS) is 14.6. The summed E-state index contributed by atoms with van der Waals surface area (Å²) in [6.45, 7) is 1.78. The highest BCUT2D eigenvalue weighted by Gasteiger charge is 2.24. The van der Waals surface area contributed by atoms with E-state index in [4.69, 9.17) is 32.4 Å². The minimum atomic E-state index is -0.571. The van der Waals surface area contributed by atoms with Gasteiger partial charge in [-0.05, 0) is 48.9 Å². The number of aromatic nitrogens is 1. The van der Waals surface area contributed by atoms with Crippen molar-refractivity contribution in [2.45, 2.75) is 25.9 Å². The third-order valence-corrected chi connectivity index (χ3v) is 5.45. The van der Waals surface area contributed by atoms with Crippen LogP contribution in [-0.4, -0.2) is 41.1 Å². The van der Waals surface area contributed by atoms with E-state index in [2.05, 4.69) is 5.32 Å². The first kappa shape index (κ1) is 22.2. The van der Waals surface area contributed by atoms with Crippen molar-refractivity contribution < 1.29 is 18.7 Å². The monoisotopic (exact) mass is 455 g/mol. The summed E-state index contributed by atoms with van der Waals surface area (Å²) in [5.74, 6) is -0.586. The zero-order valence-corrected chi connectivity index (χ0v) is 18.0. The van der Waals surface area contributed by atoms with Crippen LogP contribution in [0.25, 0.3) is 0 Å². The number of aryl methyl sites for hydroxylation is 1. The number of carbonyl (C=O) groups is 2. The summed E-state index contributed by atoms with van der Waals surface area (Å²) < 4.78 is 11.4. The molecule has 1 saturated heterocycles. The van der Waals surface area contributed by atoms with Gasteiger partial charge in [-0.25, -0.2) is 9.59 Å². The number of nitrogens with zero attached hydrogens (tertiary/aromatic N) is 2. The number of halogens is 2. The highest BCUT2D eigenvalue weighted by molar-refractivity contribution is 6.34. The van der Waals surface area contributed by atoms with Gasteiger partial charge < -0.3 is 19.4 Å². The van der Waals surface area contributed by atoms with Gasteiger partial charge in [0.05, 0.1) is 6.20 Å². The molecule has 1 aliphatic heterocycles. The Kier molecular flexibility index (Phi) is 7.44. The number of carbonyl (C=O) groups excluding carboxylic acids is 2. The van der Waals surface area contributed by atoms with Crippen molar-refractivity contribution in [3.8, 4) is 0 Å². The molecule has 0 atom stereocenters. The van der Waals surface area contributed by atoms with Gasteiger partial charge in [-0.2, -0.15) is 0 Å². The maximum Gasteiger partial charge on any atom is 0.419 e. The molecule has 2 heterocycles. The molecule has 10 heteroatoms.